The summed E-state index contributed by atoms with van der Waals surface area (Å²) in [6, 6.07) is 14.1. The minimum Gasteiger partial charge on any atom is -0.349 e. The number of fused-ring (bicyclic) bond motifs is 1. The van der Waals surface area contributed by atoms with Crippen molar-refractivity contribution in [2.45, 2.75) is 36.6 Å². The Balaban J connectivity index is 1.77. The Morgan fingerprint density at radius 2 is 2.00 bits per heavy atom. The van der Waals surface area contributed by atoms with E-state index < -0.39 is 10.0 Å². The maximum absolute atomic E-state index is 12.6. The quantitative estimate of drug-likeness (QED) is 0.872. The molecule has 126 valence electrons. The predicted octanol–water partition coefficient (Wildman–Crippen LogP) is 2.24. The normalized spacial score (nSPS) is 17.5. The number of benzene rings is 2. The van der Waals surface area contributed by atoms with Crippen molar-refractivity contribution in [2.75, 3.05) is 0 Å². The number of hydrogen-bond donors (Lipinski definition) is 2. The van der Waals surface area contributed by atoms with Crippen molar-refractivity contribution in [3.8, 4) is 0 Å². The number of sulfonamides is 1. The van der Waals surface area contributed by atoms with E-state index in [9.17, 15) is 13.2 Å². The van der Waals surface area contributed by atoms with Gasteiger partial charge in [-0.3, -0.25) is 4.79 Å². The molecule has 0 saturated carbocycles. The Bertz CT molecular complexity index is 877. The van der Waals surface area contributed by atoms with Crippen molar-refractivity contribution in [1.29, 1.82) is 0 Å². The summed E-state index contributed by atoms with van der Waals surface area (Å²) in [4.78, 5) is 12.6. The highest BCUT2D eigenvalue weighted by Gasteiger charge is 2.32. The fourth-order valence-electron chi connectivity index (χ4n) is 3.09. The van der Waals surface area contributed by atoms with Crippen LogP contribution >= 0.6 is 0 Å². The van der Waals surface area contributed by atoms with Crippen LogP contribution in [0.25, 0.3) is 0 Å². The average molecular weight is 344 g/mol. The van der Waals surface area contributed by atoms with E-state index in [4.69, 9.17) is 5.14 Å². The molecule has 0 aliphatic heterocycles. The molecule has 1 amide bonds. The Labute approximate surface area is 141 Å². The van der Waals surface area contributed by atoms with E-state index in [1.54, 1.807) is 12.1 Å². The summed E-state index contributed by atoms with van der Waals surface area (Å²) in [5.41, 5.74) is 3.02. The van der Waals surface area contributed by atoms with Gasteiger partial charge in [0.25, 0.3) is 0 Å². The average Bonchev–Trinajstić information content (AvgIpc) is 2.53. The van der Waals surface area contributed by atoms with Crippen LogP contribution in [0.1, 0.15) is 42.0 Å². The molecule has 2 aromatic carbocycles. The highest BCUT2D eigenvalue weighted by Crippen LogP contribution is 2.35. The minimum atomic E-state index is -3.76. The summed E-state index contributed by atoms with van der Waals surface area (Å²) < 4.78 is 23.0. The van der Waals surface area contributed by atoms with Crippen LogP contribution in [0, 0.1) is 0 Å². The Kier molecular flexibility index (Phi) is 4.43. The number of carbonyl (C=O) groups excluding carboxylic acids is 1. The first-order chi connectivity index (χ1) is 11.4. The second-order valence-corrected chi connectivity index (χ2v) is 7.60. The molecule has 1 aliphatic rings. The van der Waals surface area contributed by atoms with Gasteiger partial charge in [-0.05, 0) is 41.7 Å². The van der Waals surface area contributed by atoms with Crippen molar-refractivity contribution < 1.29 is 13.2 Å². The molecule has 0 heterocycles. The molecule has 0 spiro atoms. The number of nitrogens with two attached hydrogens (primary N) is 1. The number of hydrogen-bond acceptors (Lipinski definition) is 3. The predicted molar refractivity (Wildman–Crippen MR) is 91.9 cm³/mol. The maximum Gasteiger partial charge on any atom is 0.238 e. The smallest absolute Gasteiger partial charge is 0.238 e. The lowest BCUT2D eigenvalue weighted by molar-refractivity contribution is -0.123. The molecule has 0 unspecified atom stereocenters. The van der Waals surface area contributed by atoms with Gasteiger partial charge < -0.3 is 5.32 Å². The third kappa shape index (κ3) is 3.20. The van der Waals surface area contributed by atoms with Crippen LogP contribution in [-0.4, -0.2) is 14.3 Å². The van der Waals surface area contributed by atoms with Crippen LogP contribution in [0.15, 0.2) is 53.4 Å². The lowest BCUT2D eigenvalue weighted by Gasteiger charge is -2.30. The molecule has 3 rings (SSSR count). The molecule has 0 fully saturated rings. The molecule has 1 aliphatic carbocycles. The van der Waals surface area contributed by atoms with Gasteiger partial charge in [-0.15, -0.1) is 0 Å². The van der Waals surface area contributed by atoms with Crippen molar-refractivity contribution in [3.05, 3.63) is 65.2 Å². The Hall–Kier alpha value is -2.18. The first-order valence-electron chi connectivity index (χ1n) is 7.91. The van der Waals surface area contributed by atoms with E-state index in [0.29, 0.717) is 6.42 Å². The highest BCUT2D eigenvalue weighted by molar-refractivity contribution is 7.89. The number of rotatable bonds is 5. The topological polar surface area (TPSA) is 89.3 Å². The molecule has 24 heavy (non-hydrogen) atoms. The largest absolute Gasteiger partial charge is 0.349 e. The molecule has 0 radical (unpaired) electrons. The van der Waals surface area contributed by atoms with Gasteiger partial charge >= 0.3 is 0 Å². The van der Waals surface area contributed by atoms with Gasteiger partial charge in [0.1, 0.15) is 0 Å². The Morgan fingerprint density at radius 1 is 1.25 bits per heavy atom. The molecular formula is C18H20N2O3S. The van der Waals surface area contributed by atoms with E-state index >= 15 is 0 Å². The molecular weight excluding hydrogens is 324 g/mol. The van der Waals surface area contributed by atoms with E-state index in [1.807, 2.05) is 31.2 Å². The first kappa shape index (κ1) is 16.7. The molecule has 2 atom stereocenters. The fraction of sp³-hybridized carbons (Fsp3) is 0.278. The lowest BCUT2D eigenvalue weighted by Crippen LogP contribution is -2.37. The zero-order chi connectivity index (χ0) is 17.3. The van der Waals surface area contributed by atoms with Crippen LogP contribution in [0.4, 0.5) is 0 Å². The van der Waals surface area contributed by atoms with Crippen LogP contribution in [0.3, 0.4) is 0 Å². The number of amides is 1. The number of carbonyl (C=O) groups is 1. The van der Waals surface area contributed by atoms with Gasteiger partial charge in [-0.2, -0.15) is 0 Å². The zero-order valence-electron chi connectivity index (χ0n) is 13.4. The highest BCUT2D eigenvalue weighted by atomic mass is 32.2. The third-order valence-electron chi connectivity index (χ3n) is 4.48. The van der Waals surface area contributed by atoms with Crippen molar-refractivity contribution in [1.82, 2.24) is 5.32 Å². The van der Waals surface area contributed by atoms with E-state index in [-0.39, 0.29) is 22.8 Å². The molecule has 6 heteroatoms. The molecule has 3 N–H and O–H groups in total. The number of nitrogens with one attached hydrogen (secondary N) is 1. The second-order valence-electron chi connectivity index (χ2n) is 6.04. The third-order valence-corrected chi connectivity index (χ3v) is 5.40. The second kappa shape index (κ2) is 6.37. The number of primary sulfonamides is 1. The summed E-state index contributed by atoms with van der Waals surface area (Å²) >= 11 is 0. The van der Waals surface area contributed by atoms with Crippen LogP contribution in [0.2, 0.25) is 0 Å². The van der Waals surface area contributed by atoms with Crippen molar-refractivity contribution >= 4 is 15.9 Å². The molecule has 2 aromatic rings. The molecule has 0 saturated heterocycles. The van der Waals surface area contributed by atoms with Gasteiger partial charge in [0, 0.05) is 0 Å². The SMILES string of the molecule is CC[C@@H](NC(=O)[C@@H]1Cc2ccccc21)c1cccc(S(N)(=O)=O)c1. The van der Waals surface area contributed by atoms with E-state index in [2.05, 4.69) is 5.32 Å². The maximum atomic E-state index is 12.6. The Morgan fingerprint density at radius 3 is 2.67 bits per heavy atom. The first-order valence-corrected chi connectivity index (χ1v) is 9.45. The van der Waals surface area contributed by atoms with Crippen molar-refractivity contribution in [3.63, 3.8) is 0 Å². The van der Waals surface area contributed by atoms with Crippen LogP contribution in [-0.2, 0) is 21.2 Å². The molecule has 0 bridgehead atoms. The summed E-state index contributed by atoms with van der Waals surface area (Å²) in [6.45, 7) is 1.95. The van der Waals surface area contributed by atoms with E-state index in [1.165, 1.54) is 17.7 Å². The lowest BCUT2D eigenvalue weighted by atomic mass is 9.77. The standard InChI is InChI=1S/C18H20N2O3S/c1-2-17(13-7-5-8-14(10-13)24(19,22)23)20-18(21)16-11-12-6-3-4-9-15(12)16/h3-10,16-17H,2,11H2,1H3,(H,20,21)(H2,19,22,23)/t16-,17-/m1/s1. The minimum absolute atomic E-state index is 0.0263. The molecule has 5 nitrogen and oxygen atoms in total. The van der Waals surface area contributed by atoms with Crippen LogP contribution in [0.5, 0.6) is 0 Å². The zero-order valence-corrected chi connectivity index (χ0v) is 14.2. The summed E-state index contributed by atoms with van der Waals surface area (Å²) in [5.74, 6) is -0.154. The fourth-order valence-corrected chi connectivity index (χ4v) is 3.66. The van der Waals surface area contributed by atoms with Gasteiger partial charge in [-0.25, -0.2) is 13.6 Å². The van der Waals surface area contributed by atoms with Crippen molar-refractivity contribution in [2.24, 2.45) is 5.14 Å². The molecule has 0 aromatic heterocycles. The van der Waals surface area contributed by atoms with E-state index in [0.717, 1.165) is 17.5 Å². The monoisotopic (exact) mass is 344 g/mol. The van der Waals surface area contributed by atoms with Gasteiger partial charge in [0.15, 0.2) is 0 Å². The summed E-state index contributed by atoms with van der Waals surface area (Å²) in [6.07, 6.45) is 1.41. The van der Waals surface area contributed by atoms with Crippen LogP contribution < -0.4 is 10.5 Å². The van der Waals surface area contributed by atoms with Gasteiger partial charge in [0.05, 0.1) is 16.9 Å². The van der Waals surface area contributed by atoms with Gasteiger partial charge in [-0.1, -0.05) is 43.3 Å². The summed E-state index contributed by atoms with van der Waals surface area (Å²) in [7, 11) is -3.76. The summed E-state index contributed by atoms with van der Waals surface area (Å²) in [5, 5.41) is 8.22. The van der Waals surface area contributed by atoms with Gasteiger partial charge in [0.2, 0.25) is 15.9 Å².